The van der Waals surface area contributed by atoms with Crippen molar-refractivity contribution in [1.82, 2.24) is 20.0 Å². The summed E-state index contributed by atoms with van der Waals surface area (Å²) in [6.07, 6.45) is 8.56. The molecule has 3 saturated heterocycles. The molecule has 0 bridgehead atoms. The van der Waals surface area contributed by atoms with Crippen LogP contribution in [0, 0.1) is 11.8 Å². The molecule has 1 N–H and O–H groups in total. The summed E-state index contributed by atoms with van der Waals surface area (Å²) in [5.41, 5.74) is 0. The lowest BCUT2D eigenvalue weighted by Crippen LogP contribution is -2.52. The van der Waals surface area contributed by atoms with Crippen LogP contribution < -0.4 is 5.32 Å². The number of hydrogen-bond donors (Lipinski definition) is 1. The average Bonchev–Trinajstić information content (AvgIpc) is 2.68. The van der Waals surface area contributed by atoms with Crippen LogP contribution in [0.1, 0.15) is 51.9 Å². The van der Waals surface area contributed by atoms with Crippen molar-refractivity contribution in [1.29, 1.82) is 0 Å². The van der Waals surface area contributed by atoms with Gasteiger partial charge in [-0.2, -0.15) is 0 Å². The van der Waals surface area contributed by atoms with Gasteiger partial charge in [-0.15, -0.1) is 0 Å². The van der Waals surface area contributed by atoms with E-state index >= 15 is 0 Å². The first-order valence-electron chi connectivity index (χ1n) is 11.1. The second-order valence-electron chi connectivity index (χ2n) is 8.90. The third-order valence-electron chi connectivity index (χ3n) is 7.01. The summed E-state index contributed by atoms with van der Waals surface area (Å²) in [7, 11) is 2.21. The zero-order valence-electron chi connectivity index (χ0n) is 17.1. The van der Waals surface area contributed by atoms with Crippen molar-refractivity contribution in [2.45, 2.75) is 57.9 Å². The van der Waals surface area contributed by atoms with E-state index in [1.165, 1.54) is 45.2 Å². The van der Waals surface area contributed by atoms with Gasteiger partial charge in [-0.25, -0.2) is 0 Å². The minimum atomic E-state index is 0.394. The van der Waals surface area contributed by atoms with Crippen LogP contribution >= 0.6 is 0 Å². The number of likely N-dealkylation sites (tertiary alicyclic amines) is 2. The predicted molar refractivity (Wildman–Crippen MR) is 107 cm³/mol. The highest BCUT2D eigenvalue weighted by Gasteiger charge is 2.30. The molecule has 0 saturated carbocycles. The van der Waals surface area contributed by atoms with E-state index in [0.717, 1.165) is 51.5 Å². The van der Waals surface area contributed by atoms with Crippen LogP contribution in [0.25, 0.3) is 0 Å². The van der Waals surface area contributed by atoms with Crippen LogP contribution in [-0.4, -0.2) is 86.1 Å². The summed E-state index contributed by atoms with van der Waals surface area (Å²) in [6, 6.07) is 0.455. The Balaban J connectivity index is 1.56. The van der Waals surface area contributed by atoms with Gasteiger partial charge in [-0.1, -0.05) is 13.3 Å². The summed E-state index contributed by atoms with van der Waals surface area (Å²) in [4.78, 5) is 20.4. The fraction of sp³-hybridized carbons (Fsp3) is 0.952. The summed E-state index contributed by atoms with van der Waals surface area (Å²) in [6.45, 7) is 10.6. The van der Waals surface area contributed by atoms with Gasteiger partial charge in [0.1, 0.15) is 0 Å². The van der Waals surface area contributed by atoms with Crippen LogP contribution in [0.2, 0.25) is 0 Å². The van der Waals surface area contributed by atoms with E-state index in [1.54, 1.807) is 0 Å². The highest BCUT2D eigenvalue weighted by molar-refractivity contribution is 5.78. The number of nitrogens with zero attached hydrogens (tertiary/aromatic N) is 3. The number of nitrogens with one attached hydrogen (secondary N) is 1. The van der Waals surface area contributed by atoms with Crippen LogP contribution in [0.3, 0.4) is 0 Å². The quantitative estimate of drug-likeness (QED) is 0.783. The van der Waals surface area contributed by atoms with E-state index in [4.69, 9.17) is 0 Å². The lowest BCUT2D eigenvalue weighted by molar-refractivity contribution is -0.136. The number of rotatable bonds is 6. The Hall–Kier alpha value is -0.650. The molecule has 1 amide bonds. The maximum Gasteiger partial charge on any atom is 0.237 e. The Morgan fingerprint density at radius 1 is 0.962 bits per heavy atom. The van der Waals surface area contributed by atoms with Gasteiger partial charge in [0.25, 0.3) is 0 Å². The van der Waals surface area contributed by atoms with Crippen molar-refractivity contribution in [3.8, 4) is 0 Å². The molecule has 0 spiro atoms. The van der Waals surface area contributed by atoms with Gasteiger partial charge in [-0.3, -0.25) is 9.69 Å². The van der Waals surface area contributed by atoms with Crippen molar-refractivity contribution in [2.75, 3.05) is 59.4 Å². The van der Waals surface area contributed by atoms with E-state index in [-0.39, 0.29) is 0 Å². The number of hydrogen-bond acceptors (Lipinski definition) is 4. The molecule has 26 heavy (non-hydrogen) atoms. The number of carbonyl (C=O) groups excluding carboxylic acids is 1. The van der Waals surface area contributed by atoms with E-state index in [2.05, 4.69) is 34.0 Å². The summed E-state index contributed by atoms with van der Waals surface area (Å²) in [5, 5.41) is 3.46. The van der Waals surface area contributed by atoms with Gasteiger partial charge in [0, 0.05) is 12.6 Å². The van der Waals surface area contributed by atoms with Gasteiger partial charge in [-0.05, 0) is 96.7 Å². The lowest BCUT2D eigenvalue weighted by Gasteiger charge is -2.40. The smallest absolute Gasteiger partial charge is 0.237 e. The van der Waals surface area contributed by atoms with E-state index in [9.17, 15) is 4.79 Å². The summed E-state index contributed by atoms with van der Waals surface area (Å²) >= 11 is 0. The molecular formula is C21H40N4O. The normalized spacial score (nSPS) is 25.5. The SMILES string of the molecule is CCC1CCN(CC(=O)N(CC2CCN(C)CC2)C2CCNCC2)CC1. The molecule has 0 aromatic carbocycles. The van der Waals surface area contributed by atoms with Crippen LogP contribution in [-0.2, 0) is 4.79 Å². The maximum absolute atomic E-state index is 13.3. The van der Waals surface area contributed by atoms with Gasteiger partial charge < -0.3 is 15.1 Å². The molecule has 0 aromatic heterocycles. The molecule has 3 aliphatic rings. The standard InChI is InChI=1S/C21H40N4O/c1-3-18-8-14-24(15-9-18)17-21(26)25(20-4-10-22-11-5-20)16-19-6-12-23(2)13-7-19/h18-20,22H,3-17H2,1-2H3. The Kier molecular flexibility index (Phi) is 7.77. The van der Waals surface area contributed by atoms with Crippen LogP contribution in [0.4, 0.5) is 0 Å². The molecule has 3 aliphatic heterocycles. The molecule has 150 valence electrons. The second kappa shape index (κ2) is 10.0. The molecule has 0 unspecified atom stereocenters. The van der Waals surface area contributed by atoms with Crippen molar-refractivity contribution in [3.63, 3.8) is 0 Å². The number of piperidine rings is 3. The molecule has 3 fully saturated rings. The molecule has 0 aliphatic carbocycles. The first-order valence-corrected chi connectivity index (χ1v) is 11.1. The van der Waals surface area contributed by atoms with Crippen LogP contribution in [0.15, 0.2) is 0 Å². The minimum absolute atomic E-state index is 0.394. The van der Waals surface area contributed by atoms with Crippen molar-refractivity contribution >= 4 is 5.91 Å². The Morgan fingerprint density at radius 2 is 1.58 bits per heavy atom. The third kappa shape index (κ3) is 5.67. The Bertz CT molecular complexity index is 422. The fourth-order valence-corrected chi connectivity index (χ4v) is 4.93. The molecule has 5 heteroatoms. The highest BCUT2D eigenvalue weighted by Crippen LogP contribution is 2.23. The maximum atomic E-state index is 13.3. The highest BCUT2D eigenvalue weighted by atomic mass is 16.2. The predicted octanol–water partition coefficient (Wildman–Crippen LogP) is 2.03. The third-order valence-corrected chi connectivity index (χ3v) is 7.01. The van der Waals surface area contributed by atoms with Gasteiger partial charge in [0.15, 0.2) is 0 Å². The molecule has 3 rings (SSSR count). The Labute approximate surface area is 160 Å². The molecule has 3 heterocycles. The Morgan fingerprint density at radius 3 is 2.19 bits per heavy atom. The van der Waals surface area contributed by atoms with Gasteiger partial charge in [0.05, 0.1) is 6.54 Å². The second-order valence-corrected chi connectivity index (χ2v) is 8.90. The minimum Gasteiger partial charge on any atom is -0.338 e. The summed E-state index contributed by atoms with van der Waals surface area (Å²) in [5.74, 6) is 1.96. The van der Waals surface area contributed by atoms with E-state index in [1.807, 2.05) is 0 Å². The molecule has 5 nitrogen and oxygen atoms in total. The monoisotopic (exact) mass is 364 g/mol. The van der Waals surface area contributed by atoms with Crippen molar-refractivity contribution < 1.29 is 4.79 Å². The van der Waals surface area contributed by atoms with Crippen molar-refractivity contribution in [2.24, 2.45) is 11.8 Å². The summed E-state index contributed by atoms with van der Waals surface area (Å²) < 4.78 is 0. The number of amides is 1. The topological polar surface area (TPSA) is 38.8 Å². The van der Waals surface area contributed by atoms with Gasteiger partial charge in [0.2, 0.25) is 5.91 Å². The molecule has 0 atom stereocenters. The van der Waals surface area contributed by atoms with Crippen molar-refractivity contribution in [3.05, 3.63) is 0 Å². The molecule has 0 aromatic rings. The van der Waals surface area contributed by atoms with Crippen LogP contribution in [0.5, 0.6) is 0 Å². The van der Waals surface area contributed by atoms with E-state index in [0.29, 0.717) is 24.4 Å². The van der Waals surface area contributed by atoms with Gasteiger partial charge >= 0.3 is 0 Å². The zero-order valence-corrected chi connectivity index (χ0v) is 17.1. The number of carbonyl (C=O) groups is 1. The first kappa shape index (κ1) is 20.1. The largest absolute Gasteiger partial charge is 0.338 e. The zero-order chi connectivity index (χ0) is 18.4. The molecule has 0 radical (unpaired) electrons. The first-order chi connectivity index (χ1) is 12.7. The van der Waals surface area contributed by atoms with E-state index < -0.39 is 0 Å². The average molecular weight is 365 g/mol. The fourth-order valence-electron chi connectivity index (χ4n) is 4.93. The lowest BCUT2D eigenvalue weighted by atomic mass is 9.93. The molecular weight excluding hydrogens is 324 g/mol.